The summed E-state index contributed by atoms with van der Waals surface area (Å²) < 4.78 is 2.91. The highest BCUT2D eigenvalue weighted by molar-refractivity contribution is 9.13. The summed E-state index contributed by atoms with van der Waals surface area (Å²) in [5.41, 5.74) is 1.83. The quantitative estimate of drug-likeness (QED) is 0.663. The van der Waals surface area contributed by atoms with Gasteiger partial charge in [0.1, 0.15) is 6.04 Å². The fourth-order valence-corrected chi connectivity index (χ4v) is 2.50. The Morgan fingerprint density at radius 3 is 2.21 bits per heavy atom. The third kappa shape index (κ3) is 3.82. The maximum atomic E-state index is 9.31. The van der Waals surface area contributed by atoms with Crippen molar-refractivity contribution in [2.75, 3.05) is 5.32 Å². The number of halogens is 3. The van der Waals surface area contributed by atoms with Gasteiger partial charge >= 0.3 is 0 Å². The molecule has 0 heterocycles. The molecule has 0 radical (unpaired) electrons. The monoisotopic (exact) mass is 442 g/mol. The molecule has 0 saturated heterocycles. The van der Waals surface area contributed by atoms with Crippen LogP contribution in [0.3, 0.4) is 0 Å². The van der Waals surface area contributed by atoms with Gasteiger partial charge in [0.2, 0.25) is 0 Å². The van der Waals surface area contributed by atoms with E-state index >= 15 is 0 Å². The predicted molar refractivity (Wildman–Crippen MR) is 88.0 cm³/mol. The van der Waals surface area contributed by atoms with Crippen LogP contribution < -0.4 is 5.32 Å². The summed E-state index contributed by atoms with van der Waals surface area (Å²) in [5.74, 6) is 0. The van der Waals surface area contributed by atoms with E-state index < -0.39 is 0 Å². The molecule has 0 aliphatic rings. The number of anilines is 1. The smallest absolute Gasteiger partial charge is 0.140 e. The molecule has 2 nitrogen and oxygen atoms in total. The largest absolute Gasteiger partial charge is 0.366 e. The molecule has 0 aliphatic carbocycles. The van der Waals surface area contributed by atoms with Crippen molar-refractivity contribution >= 4 is 53.5 Å². The van der Waals surface area contributed by atoms with Gasteiger partial charge in [-0.05, 0) is 73.8 Å². The van der Waals surface area contributed by atoms with Gasteiger partial charge in [0.15, 0.2) is 0 Å². The van der Waals surface area contributed by atoms with E-state index in [-0.39, 0.29) is 6.04 Å². The van der Waals surface area contributed by atoms with Gasteiger partial charge in [-0.3, -0.25) is 0 Å². The number of hydrogen-bond donors (Lipinski definition) is 1. The summed E-state index contributed by atoms with van der Waals surface area (Å²) in [6.07, 6.45) is 0. The Balaban J connectivity index is 2.23. The number of nitrogens with one attached hydrogen (secondary N) is 1. The molecule has 0 saturated carbocycles. The molecule has 0 spiro atoms. The van der Waals surface area contributed by atoms with E-state index in [1.165, 1.54) is 0 Å². The lowest BCUT2D eigenvalue weighted by molar-refractivity contribution is 0.995. The first-order chi connectivity index (χ1) is 9.10. The van der Waals surface area contributed by atoms with E-state index in [1.807, 2.05) is 42.5 Å². The van der Waals surface area contributed by atoms with Gasteiger partial charge in [0.25, 0.3) is 0 Å². The second-order valence-electron chi connectivity index (χ2n) is 3.89. The van der Waals surface area contributed by atoms with Crippen molar-refractivity contribution in [2.45, 2.75) is 6.04 Å². The standard InChI is InChI=1S/C14H9Br3N2/c15-10-2-4-11(5-3-10)19-14(8-18)9-1-6-12(16)13(17)7-9/h1-7,14,19H. The molecular weight excluding hydrogens is 436 g/mol. The maximum Gasteiger partial charge on any atom is 0.140 e. The highest BCUT2D eigenvalue weighted by atomic mass is 79.9. The molecule has 0 aliphatic heterocycles. The number of nitrogens with zero attached hydrogens (tertiary/aromatic N) is 1. The summed E-state index contributed by atoms with van der Waals surface area (Å²) in [6.45, 7) is 0. The number of hydrogen-bond acceptors (Lipinski definition) is 2. The topological polar surface area (TPSA) is 35.8 Å². The van der Waals surface area contributed by atoms with Crippen molar-refractivity contribution in [2.24, 2.45) is 0 Å². The lowest BCUT2D eigenvalue weighted by atomic mass is 10.1. The van der Waals surface area contributed by atoms with E-state index in [4.69, 9.17) is 0 Å². The van der Waals surface area contributed by atoms with Gasteiger partial charge < -0.3 is 5.32 Å². The molecule has 2 rings (SSSR count). The van der Waals surface area contributed by atoms with Gasteiger partial charge in [0, 0.05) is 19.1 Å². The Morgan fingerprint density at radius 2 is 1.63 bits per heavy atom. The zero-order valence-corrected chi connectivity index (χ0v) is 14.5. The van der Waals surface area contributed by atoms with Crippen LogP contribution in [0.2, 0.25) is 0 Å². The summed E-state index contributed by atoms with van der Waals surface area (Å²) >= 11 is 10.3. The molecule has 0 fully saturated rings. The minimum absolute atomic E-state index is 0.384. The SMILES string of the molecule is N#CC(Nc1ccc(Br)cc1)c1ccc(Br)c(Br)c1. The molecule has 2 aromatic carbocycles. The van der Waals surface area contributed by atoms with Crippen molar-refractivity contribution in [3.8, 4) is 6.07 Å². The lowest BCUT2D eigenvalue weighted by Crippen LogP contribution is -2.08. The van der Waals surface area contributed by atoms with Crippen molar-refractivity contribution < 1.29 is 0 Å². The van der Waals surface area contributed by atoms with Crippen LogP contribution >= 0.6 is 47.8 Å². The fourth-order valence-electron chi connectivity index (χ4n) is 1.59. The fraction of sp³-hybridized carbons (Fsp3) is 0.0714. The predicted octanol–water partition coefficient (Wildman–Crippen LogP) is 5.65. The average Bonchev–Trinajstić information content (AvgIpc) is 2.41. The molecule has 0 bridgehead atoms. The van der Waals surface area contributed by atoms with Gasteiger partial charge in [-0.1, -0.05) is 22.0 Å². The van der Waals surface area contributed by atoms with Gasteiger partial charge in [-0.15, -0.1) is 0 Å². The van der Waals surface area contributed by atoms with E-state index in [9.17, 15) is 5.26 Å². The van der Waals surface area contributed by atoms with E-state index in [2.05, 4.69) is 59.2 Å². The first-order valence-corrected chi connectivity index (χ1v) is 7.84. The molecule has 1 atom stereocenters. The maximum absolute atomic E-state index is 9.31. The Hall–Kier alpha value is -0.830. The normalized spacial score (nSPS) is 11.7. The summed E-state index contributed by atoms with van der Waals surface area (Å²) in [5, 5.41) is 12.5. The Morgan fingerprint density at radius 1 is 0.947 bits per heavy atom. The van der Waals surface area contributed by atoms with Crippen molar-refractivity contribution in [3.63, 3.8) is 0 Å². The first-order valence-electron chi connectivity index (χ1n) is 5.47. The van der Waals surface area contributed by atoms with Gasteiger partial charge in [-0.25, -0.2) is 0 Å². The average molecular weight is 445 g/mol. The molecular formula is C14H9Br3N2. The van der Waals surface area contributed by atoms with Crippen molar-refractivity contribution in [1.29, 1.82) is 5.26 Å². The number of rotatable bonds is 3. The zero-order valence-electron chi connectivity index (χ0n) is 9.70. The minimum Gasteiger partial charge on any atom is -0.366 e. The molecule has 96 valence electrons. The summed E-state index contributed by atoms with van der Waals surface area (Å²) in [6, 6.07) is 15.4. The second kappa shape index (κ2) is 6.56. The van der Waals surface area contributed by atoms with Crippen LogP contribution in [0.25, 0.3) is 0 Å². The third-order valence-corrected chi connectivity index (χ3v) is 4.97. The van der Waals surface area contributed by atoms with Crippen LogP contribution in [-0.4, -0.2) is 0 Å². The van der Waals surface area contributed by atoms with Crippen LogP contribution in [0.4, 0.5) is 5.69 Å². The van der Waals surface area contributed by atoms with E-state index in [0.717, 1.165) is 24.7 Å². The van der Waals surface area contributed by atoms with Crippen molar-refractivity contribution in [1.82, 2.24) is 0 Å². The minimum atomic E-state index is -0.384. The Bertz CT molecular complexity index is 618. The van der Waals surface area contributed by atoms with Crippen LogP contribution in [0.15, 0.2) is 55.9 Å². The molecule has 19 heavy (non-hydrogen) atoms. The Labute approximate surface area is 137 Å². The lowest BCUT2D eigenvalue weighted by Gasteiger charge is -2.14. The molecule has 5 heteroatoms. The van der Waals surface area contributed by atoms with Crippen LogP contribution in [-0.2, 0) is 0 Å². The van der Waals surface area contributed by atoms with E-state index in [0.29, 0.717) is 0 Å². The first kappa shape index (κ1) is 14.6. The van der Waals surface area contributed by atoms with Gasteiger partial charge in [0.05, 0.1) is 6.07 Å². The number of nitriles is 1. The summed E-state index contributed by atoms with van der Waals surface area (Å²) in [4.78, 5) is 0. The van der Waals surface area contributed by atoms with Gasteiger partial charge in [-0.2, -0.15) is 5.26 Å². The second-order valence-corrected chi connectivity index (χ2v) is 6.51. The van der Waals surface area contributed by atoms with Crippen LogP contribution in [0.1, 0.15) is 11.6 Å². The third-order valence-electron chi connectivity index (χ3n) is 2.56. The van der Waals surface area contributed by atoms with Crippen LogP contribution in [0, 0.1) is 11.3 Å². The molecule has 2 aromatic rings. The highest BCUT2D eigenvalue weighted by Gasteiger charge is 2.11. The zero-order chi connectivity index (χ0) is 13.8. The molecule has 1 N–H and O–H groups in total. The summed E-state index contributed by atoms with van der Waals surface area (Å²) in [7, 11) is 0. The molecule has 0 aromatic heterocycles. The van der Waals surface area contributed by atoms with E-state index in [1.54, 1.807) is 0 Å². The van der Waals surface area contributed by atoms with Crippen LogP contribution in [0.5, 0.6) is 0 Å². The van der Waals surface area contributed by atoms with Crippen molar-refractivity contribution in [3.05, 3.63) is 61.4 Å². The molecule has 0 amide bonds. The highest BCUT2D eigenvalue weighted by Crippen LogP contribution is 2.28. The number of benzene rings is 2. The Kier molecular flexibility index (Phi) is 5.03. The molecule has 1 unspecified atom stereocenters.